The molecule has 1 aliphatic rings. The summed E-state index contributed by atoms with van der Waals surface area (Å²) in [5.41, 5.74) is 1.43. The quantitative estimate of drug-likeness (QED) is 0.724. The maximum absolute atomic E-state index is 6.25. The smallest absolute Gasteiger partial charge is 0.0508 e. The summed E-state index contributed by atoms with van der Waals surface area (Å²) >= 11 is 8.01. The largest absolute Gasteiger partial charge is 0.381 e. The Balaban J connectivity index is 1.79. The van der Waals surface area contributed by atoms with Crippen LogP contribution in [0.5, 0.6) is 0 Å². The number of aryl methyl sites for hydroxylation is 1. The summed E-state index contributed by atoms with van der Waals surface area (Å²) in [6, 6.07) is 2.19. The van der Waals surface area contributed by atoms with Crippen LogP contribution in [0.4, 0.5) is 0 Å². The normalized spacial score (nSPS) is 27.8. The van der Waals surface area contributed by atoms with E-state index in [0.717, 1.165) is 32.5 Å². The molecule has 0 amide bonds. The van der Waals surface area contributed by atoms with Crippen LogP contribution in [-0.4, -0.2) is 18.6 Å². The first kappa shape index (κ1) is 10.5. The number of rotatable bonds is 3. The Morgan fingerprint density at radius 1 is 1.57 bits per heavy atom. The highest BCUT2D eigenvalue weighted by molar-refractivity contribution is 7.07. The van der Waals surface area contributed by atoms with Crippen LogP contribution in [0.3, 0.4) is 0 Å². The van der Waals surface area contributed by atoms with Crippen molar-refractivity contribution in [3.05, 3.63) is 22.4 Å². The Kier molecular flexibility index (Phi) is 3.85. The molecule has 0 spiro atoms. The molecular formula is C11H15ClOS. The van der Waals surface area contributed by atoms with Gasteiger partial charge < -0.3 is 4.74 Å². The average Bonchev–Trinajstić information content (AvgIpc) is 2.69. The Morgan fingerprint density at radius 2 is 2.50 bits per heavy atom. The van der Waals surface area contributed by atoms with E-state index >= 15 is 0 Å². The van der Waals surface area contributed by atoms with Crippen molar-refractivity contribution < 1.29 is 4.74 Å². The Labute approximate surface area is 94.0 Å². The number of alkyl halides is 1. The SMILES string of the molecule is ClC1CCOCC1CCc1ccsc1. The van der Waals surface area contributed by atoms with E-state index in [4.69, 9.17) is 16.3 Å². The lowest BCUT2D eigenvalue weighted by molar-refractivity contribution is 0.0546. The summed E-state index contributed by atoms with van der Waals surface area (Å²) in [4.78, 5) is 0. The van der Waals surface area contributed by atoms with Crippen LogP contribution in [0.15, 0.2) is 16.8 Å². The molecule has 1 aromatic rings. The third-order valence-electron chi connectivity index (χ3n) is 2.77. The Hall–Kier alpha value is -0.0500. The fraction of sp³-hybridized carbons (Fsp3) is 0.636. The van der Waals surface area contributed by atoms with Gasteiger partial charge in [0.05, 0.1) is 6.61 Å². The molecule has 0 N–H and O–H groups in total. The fourth-order valence-corrected chi connectivity index (χ4v) is 2.81. The van der Waals surface area contributed by atoms with Gasteiger partial charge in [0.15, 0.2) is 0 Å². The molecule has 0 aliphatic carbocycles. The molecule has 0 saturated carbocycles. The second kappa shape index (κ2) is 5.15. The molecular weight excluding hydrogens is 216 g/mol. The van der Waals surface area contributed by atoms with Gasteiger partial charge in [0, 0.05) is 12.0 Å². The Morgan fingerprint density at radius 3 is 3.21 bits per heavy atom. The second-order valence-corrected chi connectivity index (χ2v) is 5.15. The summed E-state index contributed by atoms with van der Waals surface area (Å²) in [5.74, 6) is 0.547. The molecule has 1 saturated heterocycles. The third-order valence-corrected chi connectivity index (χ3v) is 4.07. The summed E-state index contributed by atoms with van der Waals surface area (Å²) in [7, 11) is 0. The van der Waals surface area contributed by atoms with E-state index in [-0.39, 0.29) is 0 Å². The predicted molar refractivity (Wildman–Crippen MR) is 61.2 cm³/mol. The van der Waals surface area contributed by atoms with Gasteiger partial charge in [0.25, 0.3) is 0 Å². The monoisotopic (exact) mass is 230 g/mol. The molecule has 0 bridgehead atoms. The van der Waals surface area contributed by atoms with Gasteiger partial charge in [-0.1, -0.05) is 0 Å². The van der Waals surface area contributed by atoms with Crippen LogP contribution in [0.2, 0.25) is 0 Å². The molecule has 2 unspecified atom stereocenters. The molecule has 78 valence electrons. The number of hydrogen-bond acceptors (Lipinski definition) is 2. The van der Waals surface area contributed by atoms with Crippen molar-refractivity contribution >= 4 is 22.9 Å². The molecule has 2 heterocycles. The number of thiophene rings is 1. The summed E-state index contributed by atoms with van der Waals surface area (Å²) in [5, 5.41) is 4.67. The zero-order valence-electron chi connectivity index (χ0n) is 8.12. The number of ether oxygens (including phenoxy) is 1. The molecule has 1 fully saturated rings. The molecule has 1 aromatic heterocycles. The molecule has 14 heavy (non-hydrogen) atoms. The van der Waals surface area contributed by atoms with E-state index in [9.17, 15) is 0 Å². The van der Waals surface area contributed by atoms with Crippen LogP contribution in [0.25, 0.3) is 0 Å². The zero-order valence-corrected chi connectivity index (χ0v) is 9.69. The maximum Gasteiger partial charge on any atom is 0.0508 e. The van der Waals surface area contributed by atoms with Crippen LogP contribution < -0.4 is 0 Å². The van der Waals surface area contributed by atoms with E-state index in [1.54, 1.807) is 11.3 Å². The van der Waals surface area contributed by atoms with Gasteiger partial charge in [-0.05, 0) is 47.6 Å². The van der Waals surface area contributed by atoms with Crippen molar-refractivity contribution in [1.29, 1.82) is 0 Å². The van der Waals surface area contributed by atoms with E-state index in [2.05, 4.69) is 16.8 Å². The maximum atomic E-state index is 6.25. The first-order valence-corrected chi connectivity index (χ1v) is 6.47. The molecule has 2 rings (SSSR count). The minimum atomic E-state index is 0.322. The van der Waals surface area contributed by atoms with Gasteiger partial charge in [0.1, 0.15) is 0 Å². The Bertz CT molecular complexity index is 260. The van der Waals surface area contributed by atoms with Crippen LogP contribution in [0.1, 0.15) is 18.4 Å². The van der Waals surface area contributed by atoms with E-state index in [1.165, 1.54) is 5.56 Å². The van der Waals surface area contributed by atoms with Gasteiger partial charge in [-0.25, -0.2) is 0 Å². The van der Waals surface area contributed by atoms with Crippen LogP contribution in [-0.2, 0) is 11.2 Å². The highest BCUT2D eigenvalue weighted by Crippen LogP contribution is 2.25. The fourth-order valence-electron chi connectivity index (χ4n) is 1.82. The van der Waals surface area contributed by atoms with E-state index < -0.39 is 0 Å². The van der Waals surface area contributed by atoms with Gasteiger partial charge in [-0.15, -0.1) is 11.6 Å². The van der Waals surface area contributed by atoms with Gasteiger partial charge in [-0.2, -0.15) is 11.3 Å². The van der Waals surface area contributed by atoms with E-state index in [1.807, 2.05) is 0 Å². The number of hydrogen-bond donors (Lipinski definition) is 0. The lowest BCUT2D eigenvalue weighted by atomic mass is 9.95. The minimum absolute atomic E-state index is 0.322. The topological polar surface area (TPSA) is 9.23 Å². The molecule has 2 atom stereocenters. The minimum Gasteiger partial charge on any atom is -0.381 e. The summed E-state index contributed by atoms with van der Waals surface area (Å²) in [6.07, 6.45) is 3.31. The molecule has 0 radical (unpaired) electrons. The molecule has 3 heteroatoms. The average molecular weight is 231 g/mol. The predicted octanol–water partition coefficient (Wildman–Crippen LogP) is 3.32. The van der Waals surface area contributed by atoms with Crippen molar-refractivity contribution in [3.63, 3.8) is 0 Å². The molecule has 1 nitrogen and oxygen atoms in total. The van der Waals surface area contributed by atoms with Crippen molar-refractivity contribution in [3.8, 4) is 0 Å². The number of halogens is 1. The van der Waals surface area contributed by atoms with Gasteiger partial charge in [0.2, 0.25) is 0 Å². The van der Waals surface area contributed by atoms with Crippen molar-refractivity contribution in [2.75, 3.05) is 13.2 Å². The lowest BCUT2D eigenvalue weighted by Gasteiger charge is -2.26. The van der Waals surface area contributed by atoms with Crippen molar-refractivity contribution in [2.45, 2.75) is 24.6 Å². The molecule has 1 aliphatic heterocycles. The second-order valence-electron chi connectivity index (χ2n) is 3.81. The highest BCUT2D eigenvalue weighted by Gasteiger charge is 2.23. The summed E-state index contributed by atoms with van der Waals surface area (Å²) in [6.45, 7) is 1.68. The van der Waals surface area contributed by atoms with Crippen molar-refractivity contribution in [1.82, 2.24) is 0 Å². The molecule has 0 aromatic carbocycles. The first-order valence-electron chi connectivity index (χ1n) is 5.09. The third kappa shape index (κ3) is 2.72. The van der Waals surface area contributed by atoms with Gasteiger partial charge >= 0.3 is 0 Å². The lowest BCUT2D eigenvalue weighted by Crippen LogP contribution is -2.28. The first-order chi connectivity index (χ1) is 6.86. The highest BCUT2D eigenvalue weighted by atomic mass is 35.5. The standard InChI is InChI=1S/C11H15ClOS/c12-11-3-5-13-7-10(11)2-1-9-4-6-14-8-9/h4,6,8,10-11H,1-3,5,7H2. The van der Waals surface area contributed by atoms with Gasteiger partial charge in [-0.3, -0.25) is 0 Å². The van der Waals surface area contributed by atoms with Crippen molar-refractivity contribution in [2.24, 2.45) is 5.92 Å². The van der Waals surface area contributed by atoms with E-state index in [0.29, 0.717) is 11.3 Å². The zero-order chi connectivity index (χ0) is 9.80. The summed E-state index contributed by atoms with van der Waals surface area (Å²) < 4.78 is 5.44. The van der Waals surface area contributed by atoms with Crippen LogP contribution in [0, 0.1) is 5.92 Å². The van der Waals surface area contributed by atoms with Crippen LogP contribution >= 0.6 is 22.9 Å².